The molecule has 1 fully saturated rings. The summed E-state index contributed by atoms with van der Waals surface area (Å²) in [5.74, 6) is 0.711. The highest BCUT2D eigenvalue weighted by Crippen LogP contribution is 2.48. The zero-order chi connectivity index (χ0) is 29.8. The molecule has 1 aliphatic carbocycles. The number of hydrogen-bond acceptors (Lipinski definition) is 7. The molecule has 0 amide bonds. The van der Waals surface area contributed by atoms with Crippen LogP contribution in [0.3, 0.4) is 0 Å². The fraction of sp³-hybridized carbons (Fsp3) is 0.294. The van der Waals surface area contributed by atoms with E-state index in [0.717, 1.165) is 35.0 Å². The number of benzene rings is 2. The number of carbonyl (C=O) groups excluding carboxylic acids is 1. The van der Waals surface area contributed by atoms with Crippen LogP contribution >= 0.6 is 0 Å². The molecule has 0 saturated heterocycles. The fourth-order valence-corrected chi connectivity index (χ4v) is 5.65. The van der Waals surface area contributed by atoms with Crippen LogP contribution in [0.15, 0.2) is 73.1 Å². The smallest absolute Gasteiger partial charge is 0.163 e. The summed E-state index contributed by atoms with van der Waals surface area (Å²) in [6.07, 6.45) is 5.77. The van der Waals surface area contributed by atoms with Gasteiger partial charge in [0.2, 0.25) is 0 Å². The van der Waals surface area contributed by atoms with E-state index in [1.165, 1.54) is 12.1 Å². The van der Waals surface area contributed by atoms with Crippen molar-refractivity contribution in [3.63, 3.8) is 0 Å². The number of nitrogens with zero attached hydrogens (tertiary/aromatic N) is 3. The zero-order valence-corrected chi connectivity index (χ0v) is 23.9. The van der Waals surface area contributed by atoms with E-state index < -0.39 is 11.0 Å². The molecular weight excluding hydrogens is 547 g/mol. The molecule has 7 rings (SSSR count). The van der Waals surface area contributed by atoms with E-state index in [0.29, 0.717) is 40.6 Å². The molecule has 0 spiro atoms. The van der Waals surface area contributed by atoms with Crippen molar-refractivity contribution in [1.29, 1.82) is 0 Å². The minimum Gasteiger partial charge on any atom is -0.490 e. The Morgan fingerprint density at radius 2 is 1.98 bits per heavy atom. The lowest BCUT2D eigenvalue weighted by Gasteiger charge is -2.26. The van der Waals surface area contributed by atoms with Crippen molar-refractivity contribution in [3.05, 3.63) is 101 Å². The summed E-state index contributed by atoms with van der Waals surface area (Å²) in [5, 5.41) is 19.8. The monoisotopic (exact) mass is 578 g/mol. The largest absolute Gasteiger partial charge is 0.490 e. The third kappa shape index (κ3) is 5.03. The lowest BCUT2D eigenvalue weighted by Crippen LogP contribution is -2.28. The number of H-pyrrole nitrogens is 1. The third-order valence-electron chi connectivity index (χ3n) is 8.49. The Hall–Kier alpha value is -4.63. The summed E-state index contributed by atoms with van der Waals surface area (Å²) in [6, 6.07) is 17.1. The van der Waals surface area contributed by atoms with E-state index in [9.17, 15) is 14.3 Å². The van der Waals surface area contributed by atoms with Gasteiger partial charge in [-0.15, -0.1) is 0 Å². The number of hydrogen-bond donors (Lipinski definition) is 2. The van der Waals surface area contributed by atoms with Gasteiger partial charge in [-0.05, 0) is 87.7 Å². The number of halogens is 1. The van der Waals surface area contributed by atoms with Gasteiger partial charge >= 0.3 is 0 Å². The van der Waals surface area contributed by atoms with Gasteiger partial charge in [-0.3, -0.25) is 14.9 Å². The van der Waals surface area contributed by atoms with Crippen LogP contribution in [0.1, 0.15) is 66.8 Å². The Morgan fingerprint density at radius 3 is 2.72 bits per heavy atom. The lowest BCUT2D eigenvalue weighted by atomic mass is 9.79. The van der Waals surface area contributed by atoms with Crippen LogP contribution < -0.4 is 9.47 Å². The lowest BCUT2D eigenvalue weighted by molar-refractivity contribution is 0.0397. The van der Waals surface area contributed by atoms with E-state index in [1.807, 2.05) is 37.3 Å². The van der Waals surface area contributed by atoms with Crippen molar-refractivity contribution >= 4 is 16.7 Å². The number of fused-ring (bicyclic) bond motifs is 2. The minimum absolute atomic E-state index is 0.0839. The Bertz CT molecular complexity index is 1830. The average molecular weight is 579 g/mol. The maximum Gasteiger partial charge on any atom is 0.163 e. The highest BCUT2D eigenvalue weighted by atomic mass is 19.1. The summed E-state index contributed by atoms with van der Waals surface area (Å²) in [7, 11) is 0. The van der Waals surface area contributed by atoms with Gasteiger partial charge in [-0.2, -0.15) is 5.10 Å². The molecular formula is C34H31FN4O4. The molecule has 2 aliphatic rings. The van der Waals surface area contributed by atoms with Gasteiger partial charge in [0.15, 0.2) is 5.78 Å². The maximum absolute atomic E-state index is 13.8. The van der Waals surface area contributed by atoms with Crippen LogP contribution in [0.5, 0.6) is 11.5 Å². The standard InChI is InChI=1S/C34H31FN4O4/c1-33(28-12-15-37-39-28)19-42-32-25(33)18-29(38-31(32)20-5-7-23(35)8-6-20)34(2,41)13-11-26(40)22-16-21-4-3-14-36-30(21)27(17-22)43-24-9-10-24/h3-8,12,14-18,24,41H,9-11,13,19H2,1-2H3,(H,37,39)/t33-,34-/m0/s1. The molecule has 1 aliphatic heterocycles. The molecule has 0 unspecified atom stereocenters. The average Bonchev–Trinajstić information content (AvgIpc) is 3.51. The molecule has 9 heteroatoms. The summed E-state index contributed by atoms with van der Waals surface area (Å²) in [6.45, 7) is 4.05. The fourth-order valence-electron chi connectivity index (χ4n) is 5.65. The van der Waals surface area contributed by atoms with Crippen molar-refractivity contribution in [1.82, 2.24) is 20.2 Å². The number of aromatic amines is 1. The minimum atomic E-state index is -1.46. The number of carbonyl (C=O) groups is 1. The summed E-state index contributed by atoms with van der Waals surface area (Å²) in [5.41, 5.74) is 2.46. The van der Waals surface area contributed by atoms with E-state index in [2.05, 4.69) is 15.2 Å². The van der Waals surface area contributed by atoms with Crippen LogP contribution in [0.25, 0.3) is 22.2 Å². The molecule has 5 aromatic rings. The van der Waals surface area contributed by atoms with Gasteiger partial charge in [0.25, 0.3) is 0 Å². The van der Waals surface area contributed by atoms with Crippen molar-refractivity contribution < 1.29 is 23.8 Å². The predicted octanol–water partition coefficient (Wildman–Crippen LogP) is 6.27. The first kappa shape index (κ1) is 27.2. The van der Waals surface area contributed by atoms with Crippen LogP contribution in [0.2, 0.25) is 0 Å². The second kappa shape index (κ2) is 10.3. The van der Waals surface area contributed by atoms with Crippen molar-refractivity contribution in [2.75, 3.05) is 6.61 Å². The number of ether oxygens (including phenoxy) is 2. The summed E-state index contributed by atoms with van der Waals surface area (Å²) < 4.78 is 26.1. The molecule has 0 bridgehead atoms. The molecule has 2 N–H and O–H groups in total. The van der Waals surface area contributed by atoms with Crippen molar-refractivity contribution in [2.24, 2.45) is 0 Å². The topological polar surface area (TPSA) is 110 Å². The molecule has 3 aromatic heterocycles. The maximum atomic E-state index is 13.8. The van der Waals surface area contributed by atoms with Crippen molar-refractivity contribution in [2.45, 2.75) is 56.7 Å². The number of rotatable bonds is 9. The number of aromatic nitrogens is 4. The Labute approximate surface area is 247 Å². The first-order chi connectivity index (χ1) is 20.7. The molecule has 0 radical (unpaired) electrons. The molecule has 4 heterocycles. The quantitative estimate of drug-likeness (QED) is 0.198. The zero-order valence-electron chi connectivity index (χ0n) is 23.9. The second-order valence-electron chi connectivity index (χ2n) is 11.9. The van der Waals surface area contributed by atoms with Gasteiger partial charge in [0, 0.05) is 46.6 Å². The second-order valence-corrected chi connectivity index (χ2v) is 11.9. The highest BCUT2D eigenvalue weighted by Gasteiger charge is 2.43. The predicted molar refractivity (Wildman–Crippen MR) is 159 cm³/mol. The summed E-state index contributed by atoms with van der Waals surface area (Å²) >= 11 is 0. The number of Topliss-reactive ketones (excluding diaryl/α,β-unsaturated/α-hetero) is 1. The molecule has 2 atom stereocenters. The van der Waals surface area contributed by atoms with Gasteiger partial charge in [-0.1, -0.05) is 6.07 Å². The van der Waals surface area contributed by atoms with E-state index in [1.54, 1.807) is 37.5 Å². The van der Waals surface area contributed by atoms with Gasteiger partial charge < -0.3 is 14.6 Å². The van der Waals surface area contributed by atoms with Gasteiger partial charge in [0.05, 0.1) is 17.2 Å². The van der Waals surface area contributed by atoms with E-state index in [-0.39, 0.29) is 30.5 Å². The van der Waals surface area contributed by atoms with Crippen LogP contribution in [-0.4, -0.2) is 43.8 Å². The van der Waals surface area contributed by atoms with Crippen LogP contribution in [0, 0.1) is 5.82 Å². The summed E-state index contributed by atoms with van der Waals surface area (Å²) in [4.78, 5) is 22.8. The molecule has 43 heavy (non-hydrogen) atoms. The van der Waals surface area contributed by atoms with E-state index >= 15 is 0 Å². The molecule has 8 nitrogen and oxygen atoms in total. The van der Waals surface area contributed by atoms with Crippen LogP contribution in [-0.2, 0) is 11.0 Å². The number of nitrogens with one attached hydrogen (secondary N) is 1. The SMILES string of the molecule is C[C@]1(c2ccn[nH]2)COc2c1cc([C@@](C)(O)CCC(=O)c1cc(OC3CC3)c3ncccc3c1)nc2-c1ccc(F)cc1. The number of pyridine rings is 2. The van der Waals surface area contributed by atoms with Gasteiger partial charge in [-0.25, -0.2) is 9.37 Å². The highest BCUT2D eigenvalue weighted by molar-refractivity contribution is 6.01. The van der Waals surface area contributed by atoms with Crippen molar-refractivity contribution in [3.8, 4) is 22.8 Å². The van der Waals surface area contributed by atoms with E-state index in [4.69, 9.17) is 14.5 Å². The Balaban J connectivity index is 1.22. The first-order valence-electron chi connectivity index (χ1n) is 14.5. The normalized spacial score (nSPS) is 19.1. The number of aliphatic hydroxyl groups is 1. The first-order valence-corrected chi connectivity index (χ1v) is 14.5. The Morgan fingerprint density at radius 1 is 1.16 bits per heavy atom. The number of ketones is 1. The third-order valence-corrected chi connectivity index (χ3v) is 8.49. The molecule has 218 valence electrons. The van der Waals surface area contributed by atoms with Crippen LogP contribution in [0.4, 0.5) is 4.39 Å². The van der Waals surface area contributed by atoms with Gasteiger partial charge in [0.1, 0.15) is 40.7 Å². The Kier molecular flexibility index (Phi) is 6.50. The molecule has 2 aromatic carbocycles. The molecule has 1 saturated carbocycles.